The number of amides is 1. The Kier molecular flexibility index (Phi) is 5.41. The highest BCUT2D eigenvalue weighted by molar-refractivity contribution is 6.30. The molecule has 6 heteroatoms. The molecule has 1 aliphatic heterocycles. The number of halogens is 2. The number of benzene rings is 3. The molecule has 3 aromatic carbocycles. The zero-order valence-corrected chi connectivity index (χ0v) is 17.9. The van der Waals surface area contributed by atoms with Gasteiger partial charge in [0.2, 0.25) is 0 Å². The molecule has 0 N–H and O–H groups in total. The van der Waals surface area contributed by atoms with Crippen LogP contribution in [0.3, 0.4) is 0 Å². The van der Waals surface area contributed by atoms with Gasteiger partial charge in [0.15, 0.2) is 5.82 Å². The summed E-state index contributed by atoms with van der Waals surface area (Å²) in [6, 6.07) is 23.3. The molecule has 1 amide bonds. The average molecular weight is 444 g/mol. The predicted molar refractivity (Wildman–Crippen MR) is 123 cm³/mol. The van der Waals surface area contributed by atoms with Gasteiger partial charge in [0.05, 0.1) is 17.0 Å². The Hall–Kier alpha value is -3.57. The minimum Gasteiger partial charge on any atom is -0.334 e. The number of hydrogen-bond acceptors (Lipinski definition) is 3. The first-order valence-corrected chi connectivity index (χ1v) is 10.7. The van der Waals surface area contributed by atoms with Gasteiger partial charge in [-0.25, -0.2) is 14.4 Å². The zero-order valence-electron chi connectivity index (χ0n) is 17.1. The molecule has 0 saturated heterocycles. The van der Waals surface area contributed by atoms with E-state index in [0.717, 1.165) is 28.1 Å². The molecule has 0 spiro atoms. The molecule has 4 nitrogen and oxygen atoms in total. The molecule has 2 heterocycles. The Bertz CT molecular complexity index is 1290. The van der Waals surface area contributed by atoms with Crippen LogP contribution in [0.4, 0.5) is 4.39 Å². The van der Waals surface area contributed by atoms with Crippen molar-refractivity contribution >= 4 is 17.5 Å². The number of fused-ring (bicyclic) bond motifs is 1. The van der Waals surface area contributed by atoms with Crippen LogP contribution in [0.1, 0.15) is 21.6 Å². The lowest BCUT2D eigenvalue weighted by molar-refractivity contribution is 0.0729. The van der Waals surface area contributed by atoms with Gasteiger partial charge in [-0.2, -0.15) is 0 Å². The third-order valence-corrected chi connectivity index (χ3v) is 5.85. The molecule has 0 atom stereocenters. The summed E-state index contributed by atoms with van der Waals surface area (Å²) in [6.45, 7) is 0.779. The van der Waals surface area contributed by atoms with Crippen molar-refractivity contribution in [3.63, 3.8) is 0 Å². The highest BCUT2D eigenvalue weighted by atomic mass is 35.5. The lowest BCUT2D eigenvalue weighted by atomic mass is 9.98. The summed E-state index contributed by atoms with van der Waals surface area (Å²) in [4.78, 5) is 24.4. The molecule has 5 rings (SSSR count). The molecule has 0 fully saturated rings. The number of carbonyl (C=O) groups is 1. The van der Waals surface area contributed by atoms with Crippen molar-refractivity contribution in [2.45, 2.75) is 13.0 Å². The van der Waals surface area contributed by atoms with E-state index in [2.05, 4.69) is 0 Å². The zero-order chi connectivity index (χ0) is 22.1. The summed E-state index contributed by atoms with van der Waals surface area (Å²) in [5.74, 6) is -0.206. The van der Waals surface area contributed by atoms with Crippen molar-refractivity contribution in [1.29, 1.82) is 0 Å². The van der Waals surface area contributed by atoms with Gasteiger partial charge in [0.1, 0.15) is 5.82 Å². The molecular formula is C26H19ClFN3O. The predicted octanol–water partition coefficient (Wildman–Crippen LogP) is 5.80. The maximum atomic E-state index is 14.2. The van der Waals surface area contributed by atoms with Crippen molar-refractivity contribution in [3.8, 4) is 22.6 Å². The van der Waals surface area contributed by atoms with Crippen molar-refractivity contribution in [2.24, 2.45) is 0 Å². The second-order valence-corrected chi connectivity index (χ2v) is 8.09. The molecule has 158 valence electrons. The number of carbonyl (C=O) groups excluding carboxylic acids is 1. The van der Waals surface area contributed by atoms with Crippen LogP contribution < -0.4 is 0 Å². The van der Waals surface area contributed by atoms with E-state index in [1.54, 1.807) is 17.0 Å². The van der Waals surface area contributed by atoms with Crippen LogP contribution in [0.25, 0.3) is 22.6 Å². The van der Waals surface area contributed by atoms with Gasteiger partial charge in [-0.3, -0.25) is 4.79 Å². The van der Waals surface area contributed by atoms with E-state index in [9.17, 15) is 9.18 Å². The summed E-state index contributed by atoms with van der Waals surface area (Å²) in [5, 5.41) is 0.635. The van der Waals surface area contributed by atoms with E-state index in [1.807, 2.05) is 54.6 Å². The van der Waals surface area contributed by atoms with Crippen molar-refractivity contribution in [1.82, 2.24) is 14.9 Å². The third-order valence-electron chi connectivity index (χ3n) is 5.60. The second kappa shape index (κ2) is 8.52. The lowest BCUT2D eigenvalue weighted by Crippen LogP contribution is -2.37. The summed E-state index contributed by atoms with van der Waals surface area (Å²) in [5.41, 5.74) is 4.44. The monoisotopic (exact) mass is 443 g/mol. The first-order valence-electron chi connectivity index (χ1n) is 10.3. The first kappa shape index (κ1) is 20.3. The van der Waals surface area contributed by atoms with Crippen molar-refractivity contribution < 1.29 is 9.18 Å². The maximum absolute atomic E-state index is 14.2. The van der Waals surface area contributed by atoms with Gasteiger partial charge in [-0.15, -0.1) is 0 Å². The normalized spacial score (nSPS) is 13.0. The minimum absolute atomic E-state index is 0.0748. The Balaban J connectivity index is 1.59. The summed E-state index contributed by atoms with van der Waals surface area (Å²) < 4.78 is 14.2. The van der Waals surface area contributed by atoms with E-state index in [1.165, 1.54) is 12.1 Å². The number of aromatic nitrogens is 2. The molecular weight excluding hydrogens is 425 g/mol. The van der Waals surface area contributed by atoms with E-state index < -0.39 is 5.82 Å². The standard InChI is InChI=1S/C26H19ClFN3O/c27-19-12-10-17(11-13-19)24-21-16-31(26(32)20-8-4-5-9-22(20)28)15-14-23(21)29-25(30-24)18-6-2-1-3-7-18/h1-13H,14-16H2. The highest BCUT2D eigenvalue weighted by Gasteiger charge is 2.28. The Morgan fingerprint density at radius 3 is 2.34 bits per heavy atom. The van der Waals surface area contributed by atoms with E-state index in [4.69, 9.17) is 21.6 Å². The minimum atomic E-state index is -0.517. The molecule has 32 heavy (non-hydrogen) atoms. The summed E-state index contributed by atoms with van der Waals surface area (Å²) >= 11 is 6.10. The number of rotatable bonds is 3. The molecule has 0 saturated carbocycles. The summed E-state index contributed by atoms with van der Waals surface area (Å²) in [6.07, 6.45) is 0.568. The van der Waals surface area contributed by atoms with Crippen molar-refractivity contribution in [3.05, 3.63) is 107 Å². The van der Waals surface area contributed by atoms with Gasteiger partial charge in [-0.1, -0.05) is 66.2 Å². The fourth-order valence-electron chi connectivity index (χ4n) is 3.96. The smallest absolute Gasteiger partial charge is 0.257 e. The van der Waals surface area contributed by atoms with E-state index in [-0.39, 0.29) is 11.5 Å². The van der Waals surface area contributed by atoms with Crippen LogP contribution in [0.5, 0.6) is 0 Å². The topological polar surface area (TPSA) is 46.1 Å². The van der Waals surface area contributed by atoms with Crippen LogP contribution in [0.2, 0.25) is 5.02 Å². The van der Waals surface area contributed by atoms with Gasteiger partial charge in [0, 0.05) is 41.2 Å². The first-order chi connectivity index (χ1) is 15.6. The summed E-state index contributed by atoms with van der Waals surface area (Å²) in [7, 11) is 0. The molecule has 0 radical (unpaired) electrons. The molecule has 4 aromatic rings. The van der Waals surface area contributed by atoms with Gasteiger partial charge < -0.3 is 4.90 Å². The van der Waals surface area contributed by atoms with Crippen molar-refractivity contribution in [2.75, 3.05) is 6.54 Å². The average Bonchev–Trinajstić information content (AvgIpc) is 2.84. The molecule has 1 aliphatic rings. The van der Waals surface area contributed by atoms with E-state index in [0.29, 0.717) is 30.4 Å². The van der Waals surface area contributed by atoms with Crippen LogP contribution in [-0.2, 0) is 13.0 Å². The Morgan fingerprint density at radius 1 is 0.875 bits per heavy atom. The Morgan fingerprint density at radius 2 is 1.59 bits per heavy atom. The van der Waals surface area contributed by atoms with Gasteiger partial charge in [-0.05, 0) is 24.3 Å². The lowest BCUT2D eigenvalue weighted by Gasteiger charge is -2.30. The highest BCUT2D eigenvalue weighted by Crippen LogP contribution is 2.32. The van der Waals surface area contributed by atoms with Crippen LogP contribution in [0, 0.1) is 5.82 Å². The van der Waals surface area contributed by atoms with Crippen LogP contribution in [-0.4, -0.2) is 27.3 Å². The van der Waals surface area contributed by atoms with Gasteiger partial charge in [0.25, 0.3) is 5.91 Å². The van der Waals surface area contributed by atoms with Crippen LogP contribution in [0.15, 0.2) is 78.9 Å². The number of hydrogen-bond donors (Lipinski definition) is 0. The van der Waals surface area contributed by atoms with E-state index >= 15 is 0 Å². The molecule has 0 aliphatic carbocycles. The second-order valence-electron chi connectivity index (χ2n) is 7.65. The molecule has 0 unspecified atom stereocenters. The fraction of sp³-hybridized carbons (Fsp3) is 0.115. The van der Waals surface area contributed by atoms with Gasteiger partial charge >= 0.3 is 0 Å². The largest absolute Gasteiger partial charge is 0.334 e. The fourth-order valence-corrected chi connectivity index (χ4v) is 4.08. The molecule has 1 aromatic heterocycles. The Labute approximate surface area is 190 Å². The third kappa shape index (κ3) is 3.87. The molecule has 0 bridgehead atoms. The van der Waals surface area contributed by atoms with Crippen LogP contribution >= 0.6 is 11.6 Å². The SMILES string of the molecule is O=C(c1ccccc1F)N1CCc2nc(-c3ccccc3)nc(-c3ccc(Cl)cc3)c2C1. The maximum Gasteiger partial charge on any atom is 0.257 e. The quantitative estimate of drug-likeness (QED) is 0.402. The number of nitrogens with zero attached hydrogens (tertiary/aromatic N) is 3.